The Kier molecular flexibility index (Phi) is 4.79. The Morgan fingerprint density at radius 3 is 2.15 bits per heavy atom. The van der Waals surface area contributed by atoms with Gasteiger partial charge in [-0.15, -0.1) is 0 Å². The average molecular weight is 513 g/mol. The van der Waals surface area contributed by atoms with Gasteiger partial charge < -0.3 is 4.57 Å². The van der Waals surface area contributed by atoms with Crippen LogP contribution in [0.3, 0.4) is 0 Å². The third kappa shape index (κ3) is 3.20. The molecule has 0 saturated heterocycles. The van der Waals surface area contributed by atoms with Crippen molar-refractivity contribution in [2.75, 3.05) is 4.90 Å². The lowest BCUT2D eigenvalue weighted by Crippen LogP contribution is -2.34. The van der Waals surface area contributed by atoms with Crippen LogP contribution in [0.4, 0.5) is 11.4 Å². The fourth-order valence-corrected chi connectivity index (χ4v) is 6.10. The Morgan fingerprint density at radius 1 is 0.625 bits per heavy atom. The summed E-state index contributed by atoms with van der Waals surface area (Å²) in [7, 11) is 0. The molecule has 1 aliphatic rings. The Bertz CT molecular complexity index is 2260. The van der Waals surface area contributed by atoms with E-state index in [1.165, 1.54) is 16.2 Å². The number of anilines is 2. The van der Waals surface area contributed by atoms with Crippen LogP contribution in [-0.4, -0.2) is 15.4 Å². The maximum atomic E-state index is 9.50. The van der Waals surface area contributed by atoms with Crippen LogP contribution in [0.15, 0.2) is 128 Å². The maximum Gasteiger partial charge on any atom is 0.140 e. The highest BCUT2D eigenvalue weighted by Gasteiger charge is 2.32. The number of pyridine rings is 1. The summed E-state index contributed by atoms with van der Waals surface area (Å²) in [5.41, 5.74) is 6.63. The fraction of sp³-hybridized carbons (Fsp3) is 0. The molecule has 0 spiro atoms. The summed E-state index contributed by atoms with van der Waals surface area (Å²) in [4.78, 5) is 6.76. The van der Waals surface area contributed by atoms with Crippen molar-refractivity contribution in [3.05, 3.63) is 144 Å². The maximum absolute atomic E-state index is 9.50. The number of aromatic nitrogens is 2. The van der Waals surface area contributed by atoms with Gasteiger partial charge in [0.05, 0.1) is 27.6 Å². The molecule has 5 aromatic carbocycles. The summed E-state index contributed by atoms with van der Waals surface area (Å²) in [5, 5.41) is 16.0. The molecule has 0 aliphatic carbocycles. The summed E-state index contributed by atoms with van der Waals surface area (Å²) in [6, 6.07) is 41.9. The van der Waals surface area contributed by atoms with E-state index >= 15 is 0 Å². The normalized spacial score (nSPS) is 14.4. The van der Waals surface area contributed by atoms with Crippen LogP contribution in [0.5, 0.6) is 0 Å². The van der Waals surface area contributed by atoms with Crippen molar-refractivity contribution in [3.63, 3.8) is 0 Å². The molecule has 0 unspecified atom stereocenters. The summed E-state index contributed by atoms with van der Waals surface area (Å²) in [6.07, 6.45) is 1.81. The van der Waals surface area contributed by atoms with Crippen molar-refractivity contribution in [2.24, 2.45) is 0 Å². The van der Waals surface area contributed by atoms with Crippen molar-refractivity contribution >= 4 is 61.9 Å². The van der Waals surface area contributed by atoms with Crippen LogP contribution in [0.1, 0.15) is 5.56 Å². The van der Waals surface area contributed by atoms with Gasteiger partial charge in [-0.1, -0.05) is 73.3 Å². The molecule has 2 aromatic heterocycles. The molecule has 40 heavy (non-hydrogen) atoms. The highest BCUT2D eigenvalue weighted by molar-refractivity contribution is 6.36. The largest absolute Gasteiger partial charge is 0.307 e. The summed E-state index contributed by atoms with van der Waals surface area (Å²) in [6.45, 7) is 4.53. The van der Waals surface area contributed by atoms with Gasteiger partial charge in [-0.2, -0.15) is 0 Å². The molecule has 4 heteroatoms. The fourth-order valence-electron chi connectivity index (χ4n) is 6.10. The molecular weight excluding hydrogens is 488 g/mol. The second kappa shape index (κ2) is 8.52. The van der Waals surface area contributed by atoms with Crippen LogP contribution in [0.25, 0.3) is 50.4 Å². The molecule has 1 aliphatic heterocycles. The Balaban J connectivity index is 1.48. The zero-order valence-corrected chi connectivity index (χ0v) is 21.7. The van der Waals surface area contributed by atoms with Crippen LogP contribution in [-0.2, 0) is 0 Å². The summed E-state index contributed by atoms with van der Waals surface area (Å²) < 4.78 is 2.23. The van der Waals surface area contributed by atoms with Crippen molar-refractivity contribution < 1.29 is 0 Å². The topological polar surface area (TPSA) is 44.9 Å². The zero-order valence-electron chi connectivity index (χ0n) is 21.7. The van der Waals surface area contributed by atoms with E-state index in [9.17, 15) is 5.41 Å². The molecule has 0 bridgehead atoms. The van der Waals surface area contributed by atoms with E-state index < -0.39 is 0 Å². The van der Waals surface area contributed by atoms with E-state index in [2.05, 4.69) is 83.9 Å². The number of amidine groups is 1. The van der Waals surface area contributed by atoms with Gasteiger partial charge in [0.25, 0.3) is 0 Å². The highest BCUT2D eigenvalue weighted by Crippen LogP contribution is 2.40. The third-order valence-electron chi connectivity index (χ3n) is 7.90. The first-order valence-corrected chi connectivity index (χ1v) is 13.3. The zero-order chi connectivity index (χ0) is 26.8. The van der Waals surface area contributed by atoms with Crippen molar-refractivity contribution in [2.45, 2.75) is 0 Å². The molecule has 1 N–H and O–H groups in total. The van der Waals surface area contributed by atoms with E-state index in [1.54, 1.807) is 0 Å². The molecule has 0 radical (unpaired) electrons. The van der Waals surface area contributed by atoms with E-state index in [1.807, 2.05) is 59.6 Å². The Labute approximate surface area is 230 Å². The van der Waals surface area contributed by atoms with Crippen LogP contribution in [0, 0.1) is 5.41 Å². The number of benzene rings is 5. The number of nitrogens with one attached hydrogen (secondary N) is 1. The second-order valence-corrected chi connectivity index (χ2v) is 10.2. The van der Waals surface area contributed by atoms with Crippen molar-refractivity contribution in [3.8, 4) is 5.69 Å². The van der Waals surface area contributed by atoms with Gasteiger partial charge in [0.2, 0.25) is 0 Å². The highest BCUT2D eigenvalue weighted by atomic mass is 15.2. The van der Waals surface area contributed by atoms with Gasteiger partial charge in [0.1, 0.15) is 5.84 Å². The number of fused-ring (bicyclic) bond motifs is 4. The number of rotatable bonds is 2. The minimum absolute atomic E-state index is 0.424. The van der Waals surface area contributed by atoms with Crippen molar-refractivity contribution in [1.82, 2.24) is 9.55 Å². The molecule has 3 heterocycles. The molecule has 188 valence electrons. The Hall–Kier alpha value is -5.48. The number of para-hydroxylation sites is 2. The lowest BCUT2D eigenvalue weighted by molar-refractivity contribution is 1.07. The van der Waals surface area contributed by atoms with E-state index in [0.717, 1.165) is 55.2 Å². The number of nitrogens with zero attached hydrogens (tertiary/aromatic N) is 3. The van der Waals surface area contributed by atoms with Gasteiger partial charge in [-0.05, 0) is 76.1 Å². The molecule has 7 aromatic rings. The predicted molar refractivity (Wildman–Crippen MR) is 166 cm³/mol. The number of hydrogen-bond acceptors (Lipinski definition) is 2. The lowest BCUT2D eigenvalue weighted by atomic mass is 10.0. The van der Waals surface area contributed by atoms with Crippen LogP contribution >= 0.6 is 0 Å². The number of hydrogen-bond donors (Lipinski definition) is 1. The standard InChI is InChI=1S/C36H24N4/c1-23-34-32(16-9-19-38-34)39(29-18-17-26-20-24-10-5-6-11-25(24)21-27(26)22-29)35(23)33-30-14-7-8-15-31(30)40(36(33)37)28-12-3-2-4-13-28/h2-22,37H,1H2/b35-33+,37-36?. The first-order chi connectivity index (χ1) is 19.7. The monoisotopic (exact) mass is 512 g/mol. The van der Waals surface area contributed by atoms with E-state index in [4.69, 9.17) is 4.98 Å². The third-order valence-corrected chi connectivity index (χ3v) is 7.90. The predicted octanol–water partition coefficient (Wildman–Crippen LogP) is 7.07. The molecule has 0 atom stereocenters. The van der Waals surface area contributed by atoms with Crippen LogP contribution in [0.2, 0.25) is 0 Å². The second-order valence-electron chi connectivity index (χ2n) is 10.2. The van der Waals surface area contributed by atoms with Crippen LogP contribution < -0.4 is 15.5 Å². The molecule has 0 fully saturated rings. The molecule has 4 nitrogen and oxygen atoms in total. The van der Waals surface area contributed by atoms with E-state index in [0.29, 0.717) is 5.84 Å². The van der Waals surface area contributed by atoms with Gasteiger partial charge in [-0.3, -0.25) is 15.3 Å². The molecule has 0 saturated carbocycles. The average Bonchev–Trinajstić information content (AvgIpc) is 3.46. The van der Waals surface area contributed by atoms with E-state index in [-0.39, 0.29) is 0 Å². The molecule has 8 rings (SSSR count). The van der Waals surface area contributed by atoms with Gasteiger partial charge in [0, 0.05) is 28.4 Å². The lowest BCUT2D eigenvalue weighted by Gasteiger charge is -2.19. The molecule has 0 amide bonds. The minimum atomic E-state index is 0.424. The van der Waals surface area contributed by atoms with Gasteiger partial charge in [0.15, 0.2) is 0 Å². The quantitative estimate of drug-likeness (QED) is 0.252. The molecular formula is C36H24N4. The first-order valence-electron chi connectivity index (χ1n) is 13.3. The first kappa shape index (κ1) is 22.5. The summed E-state index contributed by atoms with van der Waals surface area (Å²) in [5.74, 6) is 0.424. The Morgan fingerprint density at radius 2 is 1.32 bits per heavy atom. The van der Waals surface area contributed by atoms with Gasteiger partial charge >= 0.3 is 0 Å². The SMILES string of the molecule is C=c1/c(=C2\C(=N)N(c3ccccc3)c3ccccc32)n(-c2ccc3cc4ccccc4cc3c2)c2cccnc12. The van der Waals surface area contributed by atoms with Crippen molar-refractivity contribution in [1.29, 1.82) is 5.41 Å². The van der Waals surface area contributed by atoms with Gasteiger partial charge in [-0.25, -0.2) is 0 Å². The summed E-state index contributed by atoms with van der Waals surface area (Å²) >= 11 is 0. The minimum Gasteiger partial charge on any atom is -0.307 e. The smallest absolute Gasteiger partial charge is 0.140 e.